The van der Waals surface area contributed by atoms with Crippen LogP contribution >= 0.6 is 11.3 Å². The number of aromatic nitrogens is 2. The Morgan fingerprint density at radius 2 is 2.19 bits per heavy atom. The van der Waals surface area contributed by atoms with Crippen molar-refractivity contribution in [1.82, 2.24) is 19.8 Å². The summed E-state index contributed by atoms with van der Waals surface area (Å²) < 4.78 is 0. The molecule has 0 bridgehead atoms. The summed E-state index contributed by atoms with van der Waals surface area (Å²) >= 11 is 1.55. The number of nitrogens with two attached hydrogens (primary N) is 1. The van der Waals surface area contributed by atoms with Crippen molar-refractivity contribution in [2.24, 2.45) is 0 Å². The van der Waals surface area contributed by atoms with Crippen LogP contribution < -0.4 is 5.73 Å². The van der Waals surface area contributed by atoms with E-state index in [4.69, 9.17) is 5.73 Å². The zero-order valence-corrected chi connectivity index (χ0v) is 12.9. The van der Waals surface area contributed by atoms with Crippen molar-refractivity contribution in [1.29, 1.82) is 0 Å². The number of likely N-dealkylation sites (N-methyl/N-ethyl adjacent to an activating group) is 1. The van der Waals surface area contributed by atoms with Gasteiger partial charge in [-0.2, -0.15) is 0 Å². The lowest BCUT2D eigenvalue weighted by molar-refractivity contribution is -0.131. The summed E-state index contributed by atoms with van der Waals surface area (Å²) in [6.07, 6.45) is 2.23. The second-order valence-electron chi connectivity index (χ2n) is 5.42. The molecular weight excluding hydrogens is 286 g/mol. The van der Waals surface area contributed by atoms with Crippen LogP contribution in [0.4, 0.5) is 5.82 Å². The van der Waals surface area contributed by atoms with Crippen LogP contribution in [0, 0.1) is 0 Å². The molecule has 2 aromatic heterocycles. The number of hydrogen-bond donors (Lipinski definition) is 1. The van der Waals surface area contributed by atoms with E-state index in [0.29, 0.717) is 24.7 Å². The standard InChI is InChI=1S/C14H19N5OS/c1-18(9-12(20)19-5-2-3-6-19)8-11-16-13(15)10-4-7-21-14(10)17-11/h4,7H,2-3,5-6,8-9H2,1H3,(H2,15,16,17). The van der Waals surface area contributed by atoms with Gasteiger partial charge in [0.2, 0.25) is 5.91 Å². The smallest absolute Gasteiger partial charge is 0.236 e. The van der Waals surface area contributed by atoms with Gasteiger partial charge in [-0.3, -0.25) is 9.69 Å². The Bertz CT molecular complexity index is 650. The van der Waals surface area contributed by atoms with Crippen molar-refractivity contribution in [2.45, 2.75) is 19.4 Å². The van der Waals surface area contributed by atoms with E-state index in [0.717, 1.165) is 36.1 Å². The molecule has 0 radical (unpaired) electrons. The normalized spacial score (nSPS) is 15.2. The summed E-state index contributed by atoms with van der Waals surface area (Å²) in [6.45, 7) is 2.69. The molecule has 21 heavy (non-hydrogen) atoms. The van der Waals surface area contributed by atoms with Crippen LogP contribution in [0.3, 0.4) is 0 Å². The fraction of sp³-hybridized carbons (Fsp3) is 0.500. The van der Waals surface area contributed by atoms with Gasteiger partial charge in [0.15, 0.2) is 0 Å². The van der Waals surface area contributed by atoms with E-state index in [-0.39, 0.29) is 5.91 Å². The molecule has 0 spiro atoms. The van der Waals surface area contributed by atoms with Gasteiger partial charge in [-0.1, -0.05) is 0 Å². The zero-order valence-electron chi connectivity index (χ0n) is 12.1. The quantitative estimate of drug-likeness (QED) is 0.922. The van der Waals surface area contributed by atoms with E-state index in [1.54, 1.807) is 11.3 Å². The number of nitrogens with zero attached hydrogens (tertiary/aromatic N) is 4. The van der Waals surface area contributed by atoms with Gasteiger partial charge in [-0.25, -0.2) is 9.97 Å². The molecule has 2 aromatic rings. The summed E-state index contributed by atoms with van der Waals surface area (Å²) in [4.78, 5) is 25.7. The minimum atomic E-state index is 0.181. The number of fused-ring (bicyclic) bond motifs is 1. The molecule has 2 N–H and O–H groups in total. The Morgan fingerprint density at radius 1 is 1.43 bits per heavy atom. The van der Waals surface area contributed by atoms with E-state index in [9.17, 15) is 4.79 Å². The SMILES string of the molecule is CN(CC(=O)N1CCCC1)Cc1nc(N)c2ccsc2n1. The third kappa shape index (κ3) is 3.14. The number of hydrogen-bond acceptors (Lipinski definition) is 6. The van der Waals surface area contributed by atoms with Crippen molar-refractivity contribution in [3.63, 3.8) is 0 Å². The van der Waals surface area contributed by atoms with Crippen LogP contribution in [0.5, 0.6) is 0 Å². The first kappa shape index (κ1) is 14.2. The van der Waals surface area contributed by atoms with Crippen molar-refractivity contribution < 1.29 is 4.79 Å². The minimum absolute atomic E-state index is 0.181. The fourth-order valence-corrected chi connectivity index (χ4v) is 3.38. The number of amides is 1. The monoisotopic (exact) mass is 305 g/mol. The summed E-state index contributed by atoms with van der Waals surface area (Å²) in [5.74, 6) is 1.36. The first-order valence-corrected chi connectivity index (χ1v) is 7.97. The maximum absolute atomic E-state index is 12.1. The summed E-state index contributed by atoms with van der Waals surface area (Å²) in [5.41, 5.74) is 5.94. The molecule has 0 aromatic carbocycles. The number of thiophene rings is 1. The van der Waals surface area contributed by atoms with Gasteiger partial charge in [0.25, 0.3) is 0 Å². The maximum atomic E-state index is 12.1. The highest BCUT2D eigenvalue weighted by molar-refractivity contribution is 7.16. The lowest BCUT2D eigenvalue weighted by Gasteiger charge is -2.20. The molecule has 1 fully saturated rings. The van der Waals surface area contributed by atoms with Crippen molar-refractivity contribution in [3.8, 4) is 0 Å². The Labute approximate surface area is 127 Å². The minimum Gasteiger partial charge on any atom is -0.383 e. The van der Waals surface area contributed by atoms with Gasteiger partial charge in [-0.05, 0) is 31.3 Å². The predicted molar refractivity (Wildman–Crippen MR) is 84.0 cm³/mol. The maximum Gasteiger partial charge on any atom is 0.236 e. The third-order valence-corrected chi connectivity index (χ3v) is 4.48. The van der Waals surface area contributed by atoms with E-state index in [1.165, 1.54) is 0 Å². The molecule has 0 aliphatic carbocycles. The van der Waals surface area contributed by atoms with Gasteiger partial charge in [0.1, 0.15) is 16.5 Å². The molecule has 1 aliphatic heterocycles. The molecule has 6 nitrogen and oxygen atoms in total. The number of likely N-dealkylation sites (tertiary alicyclic amines) is 1. The van der Waals surface area contributed by atoms with E-state index < -0.39 is 0 Å². The highest BCUT2D eigenvalue weighted by atomic mass is 32.1. The molecule has 1 aliphatic rings. The lowest BCUT2D eigenvalue weighted by atomic mass is 10.3. The van der Waals surface area contributed by atoms with Crippen molar-refractivity contribution in [3.05, 3.63) is 17.3 Å². The average Bonchev–Trinajstić information content (AvgIpc) is 3.09. The number of anilines is 1. The number of carbonyl (C=O) groups excluding carboxylic acids is 1. The predicted octanol–water partition coefficient (Wildman–Crippen LogP) is 1.33. The van der Waals surface area contributed by atoms with Gasteiger partial charge >= 0.3 is 0 Å². The first-order valence-electron chi connectivity index (χ1n) is 7.09. The fourth-order valence-electron chi connectivity index (χ4n) is 2.59. The third-order valence-electron chi connectivity index (χ3n) is 3.68. The van der Waals surface area contributed by atoms with E-state index in [1.807, 2.05) is 28.3 Å². The lowest BCUT2D eigenvalue weighted by Crippen LogP contribution is -2.37. The molecule has 3 rings (SSSR count). The Kier molecular flexibility index (Phi) is 4.03. The van der Waals surface area contributed by atoms with Crippen molar-refractivity contribution >= 4 is 33.3 Å². The van der Waals surface area contributed by atoms with Crippen LogP contribution in [-0.2, 0) is 11.3 Å². The van der Waals surface area contributed by atoms with Crippen LogP contribution in [0.25, 0.3) is 10.2 Å². The first-order chi connectivity index (χ1) is 10.1. The molecule has 1 amide bonds. The van der Waals surface area contributed by atoms with Gasteiger partial charge in [-0.15, -0.1) is 11.3 Å². The summed E-state index contributed by atoms with van der Waals surface area (Å²) in [6, 6.07) is 1.93. The molecule has 0 saturated carbocycles. The van der Waals surface area contributed by atoms with Gasteiger partial charge in [0.05, 0.1) is 18.5 Å². The highest BCUT2D eigenvalue weighted by Crippen LogP contribution is 2.23. The van der Waals surface area contributed by atoms with Gasteiger partial charge < -0.3 is 10.6 Å². The zero-order chi connectivity index (χ0) is 14.8. The van der Waals surface area contributed by atoms with Gasteiger partial charge in [0, 0.05) is 13.1 Å². The average molecular weight is 305 g/mol. The Morgan fingerprint density at radius 3 is 2.95 bits per heavy atom. The second-order valence-corrected chi connectivity index (χ2v) is 6.32. The number of carbonyl (C=O) groups is 1. The summed E-state index contributed by atoms with van der Waals surface area (Å²) in [7, 11) is 1.91. The Hall–Kier alpha value is -1.73. The van der Waals surface area contributed by atoms with Crippen LogP contribution in [-0.4, -0.2) is 52.4 Å². The molecule has 3 heterocycles. The molecule has 0 atom stereocenters. The summed E-state index contributed by atoms with van der Waals surface area (Å²) in [5, 5.41) is 2.86. The van der Waals surface area contributed by atoms with E-state index >= 15 is 0 Å². The molecule has 7 heteroatoms. The van der Waals surface area contributed by atoms with Crippen LogP contribution in [0.15, 0.2) is 11.4 Å². The van der Waals surface area contributed by atoms with Crippen molar-refractivity contribution in [2.75, 3.05) is 32.4 Å². The molecule has 0 unspecified atom stereocenters. The Balaban J connectivity index is 1.65. The number of rotatable bonds is 4. The number of nitrogen functional groups attached to an aromatic ring is 1. The molecule has 112 valence electrons. The second kappa shape index (κ2) is 5.95. The van der Waals surface area contributed by atoms with Crippen LogP contribution in [0.1, 0.15) is 18.7 Å². The molecular formula is C14H19N5OS. The molecule has 1 saturated heterocycles. The van der Waals surface area contributed by atoms with E-state index in [2.05, 4.69) is 9.97 Å². The topological polar surface area (TPSA) is 75.4 Å². The highest BCUT2D eigenvalue weighted by Gasteiger charge is 2.19. The largest absolute Gasteiger partial charge is 0.383 e. The van der Waals surface area contributed by atoms with Crippen LogP contribution in [0.2, 0.25) is 0 Å².